The molecule has 0 bridgehead atoms. The highest BCUT2D eigenvalue weighted by atomic mass is 31.0. The van der Waals surface area contributed by atoms with Crippen molar-refractivity contribution < 1.29 is 4.79 Å². The van der Waals surface area contributed by atoms with Gasteiger partial charge in [-0.2, -0.15) is 0 Å². The second-order valence-corrected chi connectivity index (χ2v) is 4.25. The van der Waals surface area contributed by atoms with Gasteiger partial charge in [-0.3, -0.25) is 0 Å². The second kappa shape index (κ2) is 3.20. The minimum Gasteiger partial charge on any atom is -0.303 e. The third kappa shape index (κ3) is 1.62. The Morgan fingerprint density at radius 3 is 2.64 bits per heavy atom. The lowest BCUT2D eigenvalue weighted by molar-refractivity contribution is -0.108. The summed E-state index contributed by atoms with van der Waals surface area (Å²) in [6.45, 7) is 5.47. The number of nitrogens with one attached hydrogen (secondary N) is 1. The van der Waals surface area contributed by atoms with Crippen molar-refractivity contribution in [2.24, 2.45) is 17.3 Å². The molecule has 0 aliphatic heterocycles. The SMILES string of the molecule is CC1(C)C(CNP)[C@H]1CC=O. The number of rotatable bonds is 4. The first-order valence-electron chi connectivity index (χ1n) is 4.01. The molecule has 2 unspecified atom stereocenters. The maximum atomic E-state index is 10.3. The van der Waals surface area contributed by atoms with E-state index in [1.165, 1.54) is 0 Å². The molecule has 1 aliphatic carbocycles. The molecule has 3 atom stereocenters. The molecule has 0 aromatic carbocycles. The first-order chi connectivity index (χ1) is 5.14. The lowest BCUT2D eigenvalue weighted by Gasteiger charge is -1.99. The van der Waals surface area contributed by atoms with Crippen LogP contribution in [-0.4, -0.2) is 12.8 Å². The van der Waals surface area contributed by atoms with Crippen molar-refractivity contribution >= 4 is 15.7 Å². The van der Waals surface area contributed by atoms with Crippen molar-refractivity contribution in [2.45, 2.75) is 20.3 Å². The summed E-state index contributed by atoms with van der Waals surface area (Å²) < 4.78 is 0. The lowest BCUT2D eigenvalue weighted by Crippen LogP contribution is -2.06. The Bertz CT molecular complexity index is 158. The van der Waals surface area contributed by atoms with Gasteiger partial charge in [-0.1, -0.05) is 23.2 Å². The Labute approximate surface area is 70.4 Å². The Hall–Kier alpha value is 0.0600. The molecule has 1 rings (SSSR count). The number of aldehydes is 1. The van der Waals surface area contributed by atoms with E-state index in [9.17, 15) is 4.79 Å². The Kier molecular flexibility index (Phi) is 2.66. The number of carbonyl (C=O) groups excluding carboxylic acids is 1. The molecule has 1 aliphatic rings. The number of carbonyl (C=O) groups is 1. The maximum Gasteiger partial charge on any atom is 0.120 e. The molecule has 3 heteroatoms. The first-order valence-corrected chi connectivity index (χ1v) is 4.59. The van der Waals surface area contributed by atoms with E-state index in [0.29, 0.717) is 17.3 Å². The predicted octanol–water partition coefficient (Wildman–Crippen LogP) is 1.23. The summed E-state index contributed by atoms with van der Waals surface area (Å²) in [5, 5.41) is 3.07. The monoisotopic (exact) mass is 173 g/mol. The fraction of sp³-hybridized carbons (Fsp3) is 0.875. The smallest absolute Gasteiger partial charge is 0.120 e. The molecule has 11 heavy (non-hydrogen) atoms. The summed E-state index contributed by atoms with van der Waals surface area (Å²) in [4.78, 5) is 10.3. The van der Waals surface area contributed by atoms with Crippen LogP contribution in [-0.2, 0) is 4.79 Å². The van der Waals surface area contributed by atoms with E-state index in [1.807, 2.05) is 0 Å². The van der Waals surface area contributed by atoms with E-state index in [-0.39, 0.29) is 0 Å². The minimum atomic E-state index is 0.379. The average molecular weight is 173 g/mol. The van der Waals surface area contributed by atoms with Crippen LogP contribution >= 0.6 is 9.39 Å². The van der Waals surface area contributed by atoms with E-state index >= 15 is 0 Å². The molecule has 0 heterocycles. The van der Waals surface area contributed by atoms with Crippen molar-refractivity contribution in [3.8, 4) is 0 Å². The molecule has 0 radical (unpaired) electrons. The normalized spacial score (nSPS) is 33.4. The summed E-state index contributed by atoms with van der Waals surface area (Å²) >= 11 is 0. The summed E-state index contributed by atoms with van der Waals surface area (Å²) in [5.74, 6) is 1.29. The van der Waals surface area contributed by atoms with Gasteiger partial charge < -0.3 is 9.88 Å². The van der Waals surface area contributed by atoms with Crippen molar-refractivity contribution in [3.05, 3.63) is 0 Å². The summed E-state index contributed by atoms with van der Waals surface area (Å²) in [7, 11) is 2.51. The summed E-state index contributed by atoms with van der Waals surface area (Å²) in [5.41, 5.74) is 0.379. The molecule has 64 valence electrons. The fourth-order valence-corrected chi connectivity index (χ4v) is 2.22. The van der Waals surface area contributed by atoms with Crippen molar-refractivity contribution in [1.82, 2.24) is 5.09 Å². The zero-order valence-corrected chi connectivity index (χ0v) is 8.29. The van der Waals surface area contributed by atoms with Gasteiger partial charge in [0.2, 0.25) is 0 Å². The van der Waals surface area contributed by atoms with Gasteiger partial charge >= 0.3 is 0 Å². The largest absolute Gasteiger partial charge is 0.303 e. The van der Waals surface area contributed by atoms with Crippen molar-refractivity contribution in [1.29, 1.82) is 0 Å². The highest BCUT2D eigenvalue weighted by Crippen LogP contribution is 2.59. The van der Waals surface area contributed by atoms with Crippen LogP contribution in [0.2, 0.25) is 0 Å². The third-order valence-electron chi connectivity index (χ3n) is 2.98. The molecule has 0 aromatic heterocycles. The van der Waals surface area contributed by atoms with Gasteiger partial charge in [0.25, 0.3) is 0 Å². The molecule has 1 fully saturated rings. The van der Waals surface area contributed by atoms with Gasteiger partial charge in [-0.25, -0.2) is 0 Å². The van der Waals surface area contributed by atoms with Crippen LogP contribution in [0, 0.1) is 17.3 Å². The van der Waals surface area contributed by atoms with Gasteiger partial charge in [0.15, 0.2) is 0 Å². The van der Waals surface area contributed by atoms with Crippen molar-refractivity contribution in [3.63, 3.8) is 0 Å². The average Bonchev–Trinajstić information content (AvgIpc) is 2.41. The van der Waals surface area contributed by atoms with Crippen LogP contribution in [0.4, 0.5) is 0 Å². The minimum absolute atomic E-state index is 0.379. The van der Waals surface area contributed by atoms with Crippen molar-refractivity contribution in [2.75, 3.05) is 6.54 Å². The quantitative estimate of drug-likeness (QED) is 0.511. The molecule has 2 nitrogen and oxygen atoms in total. The Morgan fingerprint density at radius 2 is 2.18 bits per heavy atom. The highest BCUT2D eigenvalue weighted by Gasteiger charge is 2.56. The number of hydrogen-bond acceptors (Lipinski definition) is 2. The molecule has 0 saturated heterocycles. The summed E-state index contributed by atoms with van der Waals surface area (Å²) in [6.07, 6.45) is 1.76. The van der Waals surface area contributed by atoms with E-state index in [1.54, 1.807) is 0 Å². The van der Waals surface area contributed by atoms with Gasteiger partial charge in [0, 0.05) is 13.0 Å². The molecular formula is C8H16NOP. The van der Waals surface area contributed by atoms with E-state index in [4.69, 9.17) is 0 Å². The lowest BCUT2D eigenvalue weighted by atomic mass is 10.1. The topological polar surface area (TPSA) is 29.1 Å². The Balaban J connectivity index is 2.39. The zero-order valence-electron chi connectivity index (χ0n) is 7.13. The molecule has 0 amide bonds. The molecule has 1 saturated carbocycles. The third-order valence-corrected chi connectivity index (χ3v) is 3.21. The highest BCUT2D eigenvalue weighted by molar-refractivity contribution is 7.13. The predicted molar refractivity (Wildman–Crippen MR) is 49.2 cm³/mol. The zero-order chi connectivity index (χ0) is 8.48. The van der Waals surface area contributed by atoms with Gasteiger partial charge in [0.05, 0.1) is 0 Å². The number of hydrogen-bond donors (Lipinski definition) is 1. The molecular weight excluding hydrogens is 157 g/mol. The summed E-state index contributed by atoms with van der Waals surface area (Å²) in [6, 6.07) is 0. The molecule has 0 spiro atoms. The van der Waals surface area contributed by atoms with Crippen LogP contribution < -0.4 is 5.09 Å². The first kappa shape index (κ1) is 9.15. The Morgan fingerprint density at radius 1 is 1.55 bits per heavy atom. The van der Waals surface area contributed by atoms with Crippen LogP contribution in [0.3, 0.4) is 0 Å². The molecule has 1 N–H and O–H groups in total. The van der Waals surface area contributed by atoms with E-state index in [2.05, 4.69) is 28.3 Å². The molecule has 0 aromatic rings. The maximum absolute atomic E-state index is 10.3. The fourth-order valence-electron chi connectivity index (χ4n) is 1.96. The van der Waals surface area contributed by atoms with Gasteiger partial charge in [-0.05, 0) is 17.3 Å². The standard InChI is InChI=1S/C8H16NOP/c1-8(2)6(3-4-10)7(8)5-9-11/h4,6-7,9H,3,5,11H2,1-2H3/t6-,7?/m1/s1. The van der Waals surface area contributed by atoms with Crippen LogP contribution in [0.1, 0.15) is 20.3 Å². The van der Waals surface area contributed by atoms with Crippen LogP contribution in [0.15, 0.2) is 0 Å². The second-order valence-electron chi connectivity index (χ2n) is 3.84. The van der Waals surface area contributed by atoms with E-state index in [0.717, 1.165) is 19.3 Å². The van der Waals surface area contributed by atoms with Gasteiger partial charge in [-0.15, -0.1) is 0 Å². The van der Waals surface area contributed by atoms with E-state index < -0.39 is 0 Å². The van der Waals surface area contributed by atoms with Crippen LogP contribution in [0.25, 0.3) is 0 Å². The van der Waals surface area contributed by atoms with Crippen LogP contribution in [0.5, 0.6) is 0 Å². The van der Waals surface area contributed by atoms with Gasteiger partial charge in [0.1, 0.15) is 6.29 Å².